The van der Waals surface area contributed by atoms with E-state index in [0.717, 1.165) is 11.3 Å². The molecule has 0 aliphatic carbocycles. The molecule has 0 spiro atoms. The summed E-state index contributed by atoms with van der Waals surface area (Å²) in [6, 6.07) is 12.0. The Bertz CT molecular complexity index is 782. The zero-order valence-corrected chi connectivity index (χ0v) is 16.3. The Morgan fingerprint density at radius 1 is 0.963 bits per heavy atom. The second-order valence-corrected chi connectivity index (χ2v) is 6.43. The number of ether oxygens (including phenoxy) is 2. The number of rotatable bonds is 9. The van der Waals surface area contributed by atoms with E-state index in [2.05, 4.69) is 10.6 Å². The summed E-state index contributed by atoms with van der Waals surface area (Å²) < 4.78 is 10.4. The van der Waals surface area contributed by atoms with Crippen LogP contribution in [-0.2, 0) is 16.0 Å². The molecule has 2 amide bonds. The number of hydrogen-bond acceptors (Lipinski definition) is 4. The van der Waals surface area contributed by atoms with Crippen molar-refractivity contribution in [1.82, 2.24) is 10.6 Å². The van der Waals surface area contributed by atoms with Crippen molar-refractivity contribution in [1.29, 1.82) is 0 Å². The first-order chi connectivity index (χ1) is 13.0. The van der Waals surface area contributed by atoms with Crippen LogP contribution in [0, 0.1) is 0 Å². The molecule has 2 aromatic carbocycles. The first-order valence-corrected chi connectivity index (χ1v) is 8.97. The molecule has 6 nitrogen and oxygen atoms in total. The summed E-state index contributed by atoms with van der Waals surface area (Å²) in [5.74, 6) is 0.678. The molecule has 2 N–H and O–H groups in total. The van der Waals surface area contributed by atoms with Gasteiger partial charge < -0.3 is 20.1 Å². The molecule has 0 aromatic heterocycles. The summed E-state index contributed by atoms with van der Waals surface area (Å²) in [5.41, 5.74) is 0.880. The van der Waals surface area contributed by atoms with Gasteiger partial charge in [-0.05, 0) is 35.9 Å². The maximum Gasteiger partial charge on any atom is 0.258 e. The van der Waals surface area contributed by atoms with Crippen LogP contribution in [0.3, 0.4) is 0 Å². The fourth-order valence-electron chi connectivity index (χ4n) is 2.18. The lowest BCUT2D eigenvalue weighted by molar-refractivity contribution is -0.124. The molecule has 144 valence electrons. The van der Waals surface area contributed by atoms with Crippen molar-refractivity contribution in [3.8, 4) is 11.5 Å². The molecular weight excluding hydrogens is 391 g/mol. The van der Waals surface area contributed by atoms with Crippen LogP contribution < -0.4 is 20.1 Å². The highest BCUT2D eigenvalue weighted by atomic mass is 35.5. The quantitative estimate of drug-likeness (QED) is 0.623. The van der Waals surface area contributed by atoms with E-state index in [4.69, 9.17) is 32.7 Å². The second kappa shape index (κ2) is 10.6. The van der Waals surface area contributed by atoms with E-state index in [9.17, 15) is 9.59 Å². The molecule has 0 bridgehead atoms. The van der Waals surface area contributed by atoms with E-state index in [1.54, 1.807) is 31.4 Å². The summed E-state index contributed by atoms with van der Waals surface area (Å²) in [7, 11) is 1.59. The molecule has 0 unspecified atom stereocenters. The first kappa shape index (κ1) is 20.9. The van der Waals surface area contributed by atoms with Gasteiger partial charge in [-0.1, -0.05) is 35.3 Å². The Morgan fingerprint density at radius 2 is 1.63 bits per heavy atom. The lowest BCUT2D eigenvalue weighted by Crippen LogP contribution is -2.37. The standard InChI is InChI=1S/C19H20Cl2N2O4/c1-26-15-5-2-13(3-6-15)10-18(24)22-8-9-23-19(25)12-27-17-7-4-14(20)11-16(17)21/h2-7,11H,8-10,12H2,1H3,(H,22,24)(H,23,25). The van der Waals surface area contributed by atoms with Crippen LogP contribution in [0.15, 0.2) is 42.5 Å². The molecule has 0 saturated carbocycles. The van der Waals surface area contributed by atoms with Crippen LogP contribution in [-0.4, -0.2) is 38.6 Å². The van der Waals surface area contributed by atoms with Gasteiger partial charge >= 0.3 is 0 Å². The molecular formula is C19H20Cl2N2O4. The molecule has 0 atom stereocenters. The topological polar surface area (TPSA) is 76.7 Å². The van der Waals surface area contributed by atoms with E-state index < -0.39 is 0 Å². The largest absolute Gasteiger partial charge is 0.497 e. The summed E-state index contributed by atoms with van der Waals surface area (Å²) in [4.78, 5) is 23.6. The maximum atomic E-state index is 11.9. The number of amides is 2. The highest BCUT2D eigenvalue weighted by Gasteiger charge is 2.07. The third-order valence-corrected chi connectivity index (χ3v) is 4.08. The Labute approximate surface area is 167 Å². The van der Waals surface area contributed by atoms with Crippen LogP contribution in [0.4, 0.5) is 0 Å². The number of hydrogen-bond donors (Lipinski definition) is 2. The first-order valence-electron chi connectivity index (χ1n) is 8.22. The molecule has 0 aliphatic heterocycles. The smallest absolute Gasteiger partial charge is 0.258 e. The number of halogens is 2. The molecule has 0 fully saturated rings. The highest BCUT2D eigenvalue weighted by Crippen LogP contribution is 2.27. The van der Waals surface area contributed by atoms with Gasteiger partial charge in [0.15, 0.2) is 6.61 Å². The molecule has 2 rings (SSSR count). The summed E-state index contributed by atoms with van der Waals surface area (Å²) in [6.45, 7) is 0.439. The van der Waals surface area contributed by atoms with Gasteiger partial charge in [-0.25, -0.2) is 0 Å². The van der Waals surface area contributed by atoms with E-state index in [0.29, 0.717) is 28.9 Å². The molecule has 8 heteroatoms. The van der Waals surface area contributed by atoms with Gasteiger partial charge in [-0.2, -0.15) is 0 Å². The van der Waals surface area contributed by atoms with Gasteiger partial charge in [0, 0.05) is 18.1 Å². The average Bonchev–Trinajstić information content (AvgIpc) is 2.65. The number of carbonyl (C=O) groups excluding carboxylic acids is 2. The Kier molecular flexibility index (Phi) is 8.23. The molecule has 2 aromatic rings. The van der Waals surface area contributed by atoms with E-state index in [1.165, 1.54) is 6.07 Å². The van der Waals surface area contributed by atoms with Crippen LogP contribution >= 0.6 is 23.2 Å². The SMILES string of the molecule is COc1ccc(CC(=O)NCCNC(=O)COc2ccc(Cl)cc2Cl)cc1. The number of benzene rings is 2. The second-order valence-electron chi connectivity index (χ2n) is 5.59. The van der Waals surface area contributed by atoms with Crippen molar-refractivity contribution in [3.63, 3.8) is 0 Å². The summed E-state index contributed by atoms with van der Waals surface area (Å²) in [5, 5.41) is 6.22. The third-order valence-electron chi connectivity index (χ3n) is 3.55. The van der Waals surface area contributed by atoms with Gasteiger partial charge in [0.2, 0.25) is 5.91 Å². The van der Waals surface area contributed by atoms with Crippen molar-refractivity contribution in [3.05, 3.63) is 58.1 Å². The van der Waals surface area contributed by atoms with Gasteiger partial charge in [0.05, 0.1) is 18.6 Å². The lowest BCUT2D eigenvalue weighted by Gasteiger charge is -2.10. The maximum absolute atomic E-state index is 11.9. The predicted molar refractivity (Wildman–Crippen MR) is 105 cm³/mol. The third kappa shape index (κ3) is 7.37. The highest BCUT2D eigenvalue weighted by molar-refractivity contribution is 6.35. The van der Waals surface area contributed by atoms with Gasteiger partial charge in [0.25, 0.3) is 5.91 Å². The Hall–Kier alpha value is -2.44. The average molecular weight is 411 g/mol. The number of methoxy groups -OCH3 is 1. The zero-order valence-electron chi connectivity index (χ0n) is 14.8. The molecule has 0 radical (unpaired) electrons. The van der Waals surface area contributed by atoms with Crippen LogP contribution in [0.5, 0.6) is 11.5 Å². The normalized spacial score (nSPS) is 10.2. The number of carbonyl (C=O) groups is 2. The number of nitrogens with one attached hydrogen (secondary N) is 2. The van der Waals surface area contributed by atoms with Crippen LogP contribution in [0.2, 0.25) is 10.0 Å². The molecule has 0 heterocycles. The Balaban J connectivity index is 1.62. The summed E-state index contributed by atoms with van der Waals surface area (Å²) in [6.07, 6.45) is 0.260. The van der Waals surface area contributed by atoms with Crippen LogP contribution in [0.1, 0.15) is 5.56 Å². The van der Waals surface area contributed by atoms with Crippen molar-refractivity contribution in [2.24, 2.45) is 0 Å². The minimum absolute atomic E-state index is 0.126. The fraction of sp³-hybridized carbons (Fsp3) is 0.263. The van der Waals surface area contributed by atoms with Crippen molar-refractivity contribution < 1.29 is 19.1 Å². The van der Waals surface area contributed by atoms with E-state index >= 15 is 0 Å². The van der Waals surface area contributed by atoms with Crippen molar-refractivity contribution in [2.75, 3.05) is 26.8 Å². The van der Waals surface area contributed by atoms with Crippen molar-refractivity contribution in [2.45, 2.75) is 6.42 Å². The molecule has 0 saturated heterocycles. The monoisotopic (exact) mass is 410 g/mol. The van der Waals surface area contributed by atoms with Gasteiger partial charge in [0.1, 0.15) is 11.5 Å². The molecule has 27 heavy (non-hydrogen) atoms. The minimum atomic E-state index is -0.314. The fourth-order valence-corrected chi connectivity index (χ4v) is 2.64. The summed E-state index contributed by atoms with van der Waals surface area (Å²) >= 11 is 11.8. The van der Waals surface area contributed by atoms with E-state index in [-0.39, 0.29) is 24.8 Å². The van der Waals surface area contributed by atoms with Gasteiger partial charge in [-0.15, -0.1) is 0 Å². The lowest BCUT2D eigenvalue weighted by atomic mass is 10.1. The van der Waals surface area contributed by atoms with Crippen molar-refractivity contribution >= 4 is 35.0 Å². The van der Waals surface area contributed by atoms with Gasteiger partial charge in [-0.3, -0.25) is 9.59 Å². The zero-order chi connectivity index (χ0) is 19.6. The minimum Gasteiger partial charge on any atom is -0.497 e. The van der Waals surface area contributed by atoms with E-state index in [1.807, 2.05) is 12.1 Å². The predicted octanol–water partition coefficient (Wildman–Crippen LogP) is 2.86. The van der Waals surface area contributed by atoms with Crippen LogP contribution in [0.25, 0.3) is 0 Å². The Morgan fingerprint density at radius 3 is 2.26 bits per heavy atom. The molecule has 0 aliphatic rings.